The molecule has 0 amide bonds. The zero-order valence-corrected chi connectivity index (χ0v) is 17.4. The van der Waals surface area contributed by atoms with E-state index in [0.29, 0.717) is 16.9 Å². The van der Waals surface area contributed by atoms with Crippen molar-refractivity contribution in [1.82, 2.24) is 19.5 Å². The number of nitrogens with zero attached hydrogens (tertiary/aromatic N) is 4. The maximum absolute atomic E-state index is 12.1. The molecule has 0 bridgehead atoms. The van der Waals surface area contributed by atoms with Crippen molar-refractivity contribution in [2.45, 2.75) is 45.2 Å². The summed E-state index contributed by atoms with van der Waals surface area (Å²) in [7, 11) is 0. The largest absolute Gasteiger partial charge is 0.463 e. The molecule has 4 heterocycles. The molecule has 0 saturated carbocycles. The summed E-state index contributed by atoms with van der Waals surface area (Å²) in [6, 6.07) is 1.88. The van der Waals surface area contributed by atoms with E-state index in [4.69, 9.17) is 23.1 Å². The lowest BCUT2D eigenvalue weighted by Crippen LogP contribution is -2.40. The van der Waals surface area contributed by atoms with Crippen LogP contribution in [0.3, 0.4) is 0 Å². The van der Waals surface area contributed by atoms with E-state index >= 15 is 0 Å². The first kappa shape index (κ1) is 18.2. The third-order valence-corrected chi connectivity index (χ3v) is 5.34. The molecule has 1 saturated heterocycles. The molecule has 0 N–H and O–H groups in total. The molecule has 0 spiro atoms. The molecule has 11 nitrogen and oxygen atoms in total. The number of carbonyl (C=O) groups excluding carboxylic acids is 3. The van der Waals surface area contributed by atoms with E-state index in [1.54, 1.807) is 0 Å². The number of fused-ring (bicyclic) bond motifs is 1. The summed E-state index contributed by atoms with van der Waals surface area (Å²) in [4.78, 5) is 48.6. The van der Waals surface area contributed by atoms with Gasteiger partial charge in [0.05, 0.1) is 6.33 Å². The van der Waals surface area contributed by atoms with Crippen LogP contribution in [0.15, 0.2) is 29.5 Å². The highest BCUT2D eigenvalue weighted by molar-refractivity contribution is 7.08. The molecule has 1 unspecified atom stereocenters. The fraction of sp³-hybridized carbons (Fsp3) is 0.400. The van der Waals surface area contributed by atoms with E-state index in [1.807, 2.05) is 16.8 Å². The van der Waals surface area contributed by atoms with Gasteiger partial charge < -0.3 is 18.9 Å². The monoisotopic (exact) mass is 463 g/mol. The second kappa shape index (κ2) is 9.01. The van der Waals surface area contributed by atoms with Gasteiger partial charge in [-0.05, 0) is 11.4 Å². The Morgan fingerprint density at radius 1 is 1.12 bits per heavy atom. The van der Waals surface area contributed by atoms with Crippen LogP contribution in [0, 0.1) is 0 Å². The van der Waals surface area contributed by atoms with Crippen LogP contribution in [0.5, 0.6) is 0 Å². The van der Waals surface area contributed by atoms with Crippen molar-refractivity contribution in [3.63, 3.8) is 0 Å². The summed E-state index contributed by atoms with van der Waals surface area (Å²) in [6.45, 7) is -2.43. The Morgan fingerprint density at radius 2 is 1.91 bits per heavy atom. The molecule has 3 aromatic rings. The Kier molecular flexibility index (Phi) is 5.13. The van der Waals surface area contributed by atoms with Gasteiger partial charge >= 0.3 is 17.9 Å². The van der Waals surface area contributed by atoms with E-state index in [-0.39, 0.29) is 0 Å². The molecule has 3 aromatic heterocycles. The molecule has 12 heteroatoms. The quantitative estimate of drug-likeness (QED) is 0.394. The summed E-state index contributed by atoms with van der Waals surface area (Å²) in [5.74, 6) is -2.65. The average molecular weight is 463 g/mol. The molecule has 4 rings (SSSR count). The second-order valence-corrected chi connectivity index (χ2v) is 7.50. The molecular weight excluding hydrogens is 440 g/mol. The molecule has 168 valence electrons. The van der Waals surface area contributed by atoms with Crippen LogP contribution in [0.1, 0.15) is 31.0 Å². The average Bonchev–Trinajstić information content (AvgIpc) is 3.62. The third kappa shape index (κ3) is 4.32. The maximum Gasteiger partial charge on any atom is 0.303 e. The van der Waals surface area contributed by atoms with E-state index in [9.17, 15) is 14.4 Å². The van der Waals surface area contributed by atoms with Gasteiger partial charge in [-0.15, -0.1) is 0 Å². The number of imidazole rings is 1. The summed E-state index contributed by atoms with van der Waals surface area (Å²) >= 11 is 1.49. The molecule has 1 aliphatic rings. The van der Waals surface area contributed by atoms with Crippen molar-refractivity contribution < 1.29 is 37.4 Å². The van der Waals surface area contributed by atoms with Crippen LogP contribution in [0.2, 0.25) is 0 Å². The van der Waals surface area contributed by atoms with Crippen LogP contribution >= 0.6 is 11.3 Å². The number of thiophene rings is 1. The Balaban J connectivity index is 1.74. The minimum atomic E-state index is -1.26. The first-order valence-electron chi connectivity index (χ1n) is 11.4. The first-order valence-corrected chi connectivity index (χ1v) is 10.2. The maximum atomic E-state index is 12.1. The number of hydrogen-bond donors (Lipinski definition) is 0. The zero-order chi connectivity index (χ0) is 24.9. The van der Waals surface area contributed by atoms with Gasteiger partial charge in [-0.1, -0.05) is 0 Å². The van der Waals surface area contributed by atoms with Crippen LogP contribution in [-0.2, 0) is 33.3 Å². The first-order chi connectivity index (χ1) is 17.0. The Labute approximate surface area is 190 Å². The summed E-state index contributed by atoms with van der Waals surface area (Å²) < 4.78 is 44.9. The van der Waals surface area contributed by atoms with E-state index in [0.717, 1.165) is 5.56 Å². The van der Waals surface area contributed by atoms with E-state index in [1.165, 1.54) is 28.6 Å². The van der Waals surface area contributed by atoms with Crippen molar-refractivity contribution in [1.29, 1.82) is 0 Å². The SMILES string of the molecule is [2H]CC(=O)OC[C@H]1OC(n2cnc3c(-c4ccsc4)ncnc32)[C@H](OC(=O)C[2H])[C@@H]1OC(=O)C[2H]. The highest BCUT2D eigenvalue weighted by atomic mass is 32.1. The Morgan fingerprint density at radius 3 is 2.62 bits per heavy atom. The molecule has 1 fully saturated rings. The van der Waals surface area contributed by atoms with Crippen LogP contribution in [0.25, 0.3) is 22.4 Å². The van der Waals surface area contributed by atoms with Crippen molar-refractivity contribution in [3.05, 3.63) is 29.5 Å². The van der Waals surface area contributed by atoms with Gasteiger partial charge in [0.2, 0.25) is 0 Å². The highest BCUT2D eigenvalue weighted by Crippen LogP contribution is 2.37. The third-order valence-electron chi connectivity index (χ3n) is 4.66. The molecule has 4 atom stereocenters. The van der Waals surface area contributed by atoms with Gasteiger partial charge in [0.15, 0.2) is 24.1 Å². The summed E-state index contributed by atoms with van der Waals surface area (Å²) in [6.07, 6.45) is -1.99. The number of ether oxygens (including phenoxy) is 4. The fourth-order valence-electron chi connectivity index (χ4n) is 3.46. The predicted molar refractivity (Wildman–Crippen MR) is 110 cm³/mol. The van der Waals surface area contributed by atoms with E-state index < -0.39 is 69.8 Å². The molecule has 1 aliphatic heterocycles. The van der Waals surface area contributed by atoms with Crippen LogP contribution in [0.4, 0.5) is 0 Å². The van der Waals surface area contributed by atoms with Crippen LogP contribution in [-0.4, -0.2) is 62.3 Å². The van der Waals surface area contributed by atoms with Crippen molar-refractivity contribution in [2.75, 3.05) is 6.61 Å². The normalized spacial score (nSPS) is 23.8. The number of carbonyl (C=O) groups is 3. The Hall–Kier alpha value is -3.38. The van der Waals surface area contributed by atoms with Gasteiger partial charge in [-0.25, -0.2) is 15.0 Å². The lowest BCUT2D eigenvalue weighted by molar-refractivity contribution is -0.166. The predicted octanol–water partition coefficient (Wildman–Crippen LogP) is 1.88. The molecule has 32 heavy (non-hydrogen) atoms. The number of hydrogen-bond acceptors (Lipinski definition) is 11. The topological polar surface area (TPSA) is 132 Å². The van der Waals surface area contributed by atoms with Crippen LogP contribution < -0.4 is 0 Å². The zero-order valence-electron chi connectivity index (χ0n) is 19.6. The van der Waals surface area contributed by atoms with Crippen molar-refractivity contribution >= 4 is 40.4 Å². The lowest BCUT2D eigenvalue weighted by Gasteiger charge is -2.23. The smallest absolute Gasteiger partial charge is 0.303 e. The van der Waals surface area contributed by atoms with Crippen molar-refractivity contribution in [2.24, 2.45) is 0 Å². The lowest BCUT2D eigenvalue weighted by atomic mass is 10.1. The van der Waals surface area contributed by atoms with Crippen molar-refractivity contribution in [3.8, 4) is 11.3 Å². The van der Waals surface area contributed by atoms with E-state index in [2.05, 4.69) is 15.0 Å². The van der Waals surface area contributed by atoms with Gasteiger partial charge in [0, 0.05) is 35.8 Å². The summed E-state index contributed by atoms with van der Waals surface area (Å²) in [5.41, 5.74) is 2.20. The van der Waals surface area contributed by atoms with Gasteiger partial charge in [-0.3, -0.25) is 19.0 Å². The summed E-state index contributed by atoms with van der Waals surface area (Å²) in [5, 5.41) is 3.80. The minimum absolute atomic E-state index is 0.340. The molecular formula is C20H20N4O7S. The van der Waals surface area contributed by atoms with Gasteiger partial charge in [0.25, 0.3) is 0 Å². The molecule has 0 radical (unpaired) electrons. The minimum Gasteiger partial charge on any atom is -0.463 e. The molecule has 0 aliphatic carbocycles. The van der Waals surface area contributed by atoms with Gasteiger partial charge in [-0.2, -0.15) is 11.3 Å². The number of aromatic nitrogens is 4. The highest BCUT2D eigenvalue weighted by Gasteiger charge is 2.51. The van der Waals surface area contributed by atoms with Gasteiger partial charge in [0.1, 0.15) is 30.2 Å². The molecule has 0 aromatic carbocycles. The number of esters is 3. The fourth-order valence-corrected chi connectivity index (χ4v) is 4.10. The Bertz CT molecular complexity index is 1210. The standard InChI is InChI=1S/C20H20N4O7S/c1-10(25)28-6-14-17(29-11(2)26)18(30-12(3)27)20(31-14)24-9-23-16-15(13-4-5-32-7-13)21-8-22-19(16)24/h4-5,7-9,14,17-18,20H,6H2,1-3H3/t14-,17-,18-,20?/m1/s1/i1D,2D,3D. The second-order valence-electron chi connectivity index (χ2n) is 6.72. The number of rotatable bonds is 6.